The number of primary amides is 1. The molecular weight excluding hydrogens is 374 g/mol. The van der Waals surface area contributed by atoms with Gasteiger partial charge >= 0.3 is 0 Å². The third-order valence-corrected chi connectivity index (χ3v) is 5.62. The van der Waals surface area contributed by atoms with Crippen LogP contribution in [0.3, 0.4) is 0 Å². The smallest absolute Gasteiger partial charge is 0.217 e. The van der Waals surface area contributed by atoms with Gasteiger partial charge in [0.2, 0.25) is 5.91 Å². The van der Waals surface area contributed by atoms with Crippen LogP contribution in [-0.2, 0) is 18.3 Å². The van der Waals surface area contributed by atoms with Crippen LogP contribution >= 0.6 is 11.8 Å². The van der Waals surface area contributed by atoms with E-state index in [1.165, 1.54) is 11.8 Å². The molecule has 0 atom stereocenters. The van der Waals surface area contributed by atoms with Crippen LogP contribution in [0.1, 0.15) is 34.0 Å². The van der Waals surface area contributed by atoms with Crippen LogP contribution in [0.25, 0.3) is 5.69 Å². The van der Waals surface area contributed by atoms with E-state index >= 15 is 0 Å². The van der Waals surface area contributed by atoms with Crippen molar-refractivity contribution < 1.29 is 9.59 Å². The number of rotatable bonds is 8. The Morgan fingerprint density at radius 2 is 1.86 bits per heavy atom. The summed E-state index contributed by atoms with van der Waals surface area (Å²) in [5.41, 5.74) is 8.88. The van der Waals surface area contributed by atoms with Crippen LogP contribution in [0.15, 0.2) is 41.6 Å². The van der Waals surface area contributed by atoms with Crippen molar-refractivity contribution in [2.45, 2.75) is 31.8 Å². The first-order chi connectivity index (χ1) is 13.4. The first kappa shape index (κ1) is 19.9. The molecule has 0 fully saturated rings. The highest BCUT2D eigenvalue weighted by molar-refractivity contribution is 7.99. The van der Waals surface area contributed by atoms with Crippen molar-refractivity contribution in [1.82, 2.24) is 19.3 Å². The summed E-state index contributed by atoms with van der Waals surface area (Å²) in [7, 11) is 1.82. The van der Waals surface area contributed by atoms with E-state index < -0.39 is 0 Å². The van der Waals surface area contributed by atoms with E-state index in [2.05, 4.69) is 14.8 Å². The van der Waals surface area contributed by atoms with Crippen LogP contribution in [0, 0.1) is 13.8 Å². The second kappa shape index (κ2) is 8.43. The van der Waals surface area contributed by atoms with Crippen LogP contribution in [0.2, 0.25) is 0 Å². The Labute approximate surface area is 167 Å². The number of nitrogens with two attached hydrogens (primary N) is 1. The van der Waals surface area contributed by atoms with E-state index in [1.807, 2.05) is 57.3 Å². The van der Waals surface area contributed by atoms with Gasteiger partial charge in [0, 0.05) is 42.5 Å². The van der Waals surface area contributed by atoms with Gasteiger partial charge in [0.25, 0.3) is 0 Å². The number of aryl methyl sites for hydroxylation is 2. The number of hydrogen-bond donors (Lipinski definition) is 1. The molecule has 0 saturated heterocycles. The fraction of sp³-hybridized carbons (Fsp3) is 0.300. The number of hydrogen-bond acceptors (Lipinski definition) is 5. The maximum absolute atomic E-state index is 12.8. The summed E-state index contributed by atoms with van der Waals surface area (Å²) < 4.78 is 3.89. The van der Waals surface area contributed by atoms with Crippen molar-refractivity contribution in [1.29, 1.82) is 0 Å². The maximum atomic E-state index is 12.8. The summed E-state index contributed by atoms with van der Waals surface area (Å²) in [4.78, 5) is 23.8. The lowest BCUT2D eigenvalue weighted by atomic mass is 10.2. The molecule has 0 aliphatic heterocycles. The zero-order chi connectivity index (χ0) is 20.3. The number of amides is 1. The molecule has 3 rings (SSSR count). The van der Waals surface area contributed by atoms with E-state index in [0.29, 0.717) is 23.0 Å². The summed E-state index contributed by atoms with van der Waals surface area (Å²) in [5.74, 6) is 0.611. The monoisotopic (exact) mass is 397 g/mol. The molecule has 8 heteroatoms. The Kier molecular flexibility index (Phi) is 5.99. The molecule has 0 saturated carbocycles. The van der Waals surface area contributed by atoms with E-state index in [0.717, 1.165) is 17.1 Å². The van der Waals surface area contributed by atoms with Crippen molar-refractivity contribution in [3.8, 4) is 5.69 Å². The van der Waals surface area contributed by atoms with Gasteiger partial charge < -0.3 is 14.9 Å². The fourth-order valence-corrected chi connectivity index (χ4v) is 3.96. The molecule has 146 valence electrons. The predicted molar refractivity (Wildman–Crippen MR) is 109 cm³/mol. The standard InChI is InChI=1S/C20H23N5O2S/c1-13-11-16(14(2)25(13)15-7-5-4-6-8-15)17(26)12-28-20-23-22-19(24(20)3)10-9-18(21)27/h4-8,11H,9-10,12H2,1-3H3,(H2,21,27). The van der Waals surface area contributed by atoms with Gasteiger partial charge in [-0.15, -0.1) is 10.2 Å². The average molecular weight is 398 g/mol. The normalized spacial score (nSPS) is 11.0. The number of carbonyl (C=O) groups is 2. The number of ketones is 1. The SMILES string of the molecule is Cc1cc(C(=O)CSc2nnc(CCC(N)=O)n2C)c(C)n1-c1ccccc1. The topological polar surface area (TPSA) is 95.8 Å². The molecule has 0 bridgehead atoms. The first-order valence-electron chi connectivity index (χ1n) is 8.95. The lowest BCUT2D eigenvalue weighted by molar-refractivity contribution is -0.118. The maximum Gasteiger partial charge on any atom is 0.217 e. The largest absolute Gasteiger partial charge is 0.370 e. The molecular formula is C20H23N5O2S. The Balaban J connectivity index is 1.72. The molecule has 1 aromatic carbocycles. The van der Waals surface area contributed by atoms with Crippen molar-refractivity contribution in [2.75, 3.05) is 5.75 Å². The molecule has 28 heavy (non-hydrogen) atoms. The molecule has 0 spiro atoms. The van der Waals surface area contributed by atoms with Crippen molar-refractivity contribution in [3.05, 3.63) is 59.2 Å². The average Bonchev–Trinajstić information content (AvgIpc) is 3.17. The van der Waals surface area contributed by atoms with Crippen LogP contribution in [0.5, 0.6) is 0 Å². The molecule has 2 aromatic heterocycles. The number of nitrogens with zero attached hydrogens (tertiary/aromatic N) is 4. The molecule has 3 aromatic rings. The lowest BCUT2D eigenvalue weighted by Gasteiger charge is -2.09. The fourth-order valence-electron chi connectivity index (χ4n) is 3.15. The molecule has 0 unspecified atom stereocenters. The van der Waals surface area contributed by atoms with E-state index in [9.17, 15) is 9.59 Å². The number of Topliss-reactive ketones (excluding diaryl/α,β-unsaturated/α-hetero) is 1. The highest BCUT2D eigenvalue weighted by atomic mass is 32.2. The molecule has 0 radical (unpaired) electrons. The molecule has 2 heterocycles. The van der Waals surface area contributed by atoms with Gasteiger partial charge in [-0.2, -0.15) is 0 Å². The predicted octanol–water partition coefficient (Wildman–Crippen LogP) is 2.62. The number of benzene rings is 1. The van der Waals surface area contributed by atoms with Crippen molar-refractivity contribution in [2.24, 2.45) is 12.8 Å². The summed E-state index contributed by atoms with van der Waals surface area (Å²) in [6.07, 6.45) is 0.659. The van der Waals surface area contributed by atoms with Crippen LogP contribution in [-0.4, -0.2) is 36.8 Å². The zero-order valence-electron chi connectivity index (χ0n) is 16.2. The van der Waals surface area contributed by atoms with Gasteiger partial charge in [-0.1, -0.05) is 30.0 Å². The molecule has 7 nitrogen and oxygen atoms in total. The van der Waals surface area contributed by atoms with E-state index in [-0.39, 0.29) is 23.9 Å². The second-order valence-corrected chi connectivity index (χ2v) is 7.53. The minimum atomic E-state index is -0.374. The summed E-state index contributed by atoms with van der Waals surface area (Å²) in [5, 5.41) is 8.84. The van der Waals surface area contributed by atoms with Gasteiger partial charge in [-0.25, -0.2) is 0 Å². The zero-order valence-corrected chi connectivity index (χ0v) is 17.0. The highest BCUT2D eigenvalue weighted by Gasteiger charge is 2.18. The van der Waals surface area contributed by atoms with Crippen LogP contribution in [0.4, 0.5) is 0 Å². The Morgan fingerprint density at radius 1 is 1.14 bits per heavy atom. The first-order valence-corrected chi connectivity index (χ1v) is 9.94. The van der Waals surface area contributed by atoms with Gasteiger partial charge in [0.15, 0.2) is 10.9 Å². The van der Waals surface area contributed by atoms with Gasteiger partial charge in [0.05, 0.1) is 5.75 Å². The summed E-state index contributed by atoms with van der Waals surface area (Å²) in [6.45, 7) is 3.96. The molecule has 0 aliphatic carbocycles. The number of carbonyl (C=O) groups excluding carboxylic acids is 2. The van der Waals surface area contributed by atoms with Gasteiger partial charge in [-0.05, 0) is 32.0 Å². The highest BCUT2D eigenvalue weighted by Crippen LogP contribution is 2.24. The summed E-state index contributed by atoms with van der Waals surface area (Å²) in [6, 6.07) is 11.9. The van der Waals surface area contributed by atoms with Crippen molar-refractivity contribution >= 4 is 23.5 Å². The molecule has 2 N–H and O–H groups in total. The number of thioether (sulfide) groups is 1. The third kappa shape index (κ3) is 4.17. The minimum absolute atomic E-state index is 0.0435. The van der Waals surface area contributed by atoms with Crippen molar-refractivity contribution in [3.63, 3.8) is 0 Å². The minimum Gasteiger partial charge on any atom is -0.370 e. The molecule has 0 aliphatic rings. The van der Waals surface area contributed by atoms with Gasteiger partial charge in [0.1, 0.15) is 5.82 Å². The lowest BCUT2D eigenvalue weighted by Crippen LogP contribution is -2.13. The molecule has 1 amide bonds. The van der Waals surface area contributed by atoms with Gasteiger partial charge in [-0.3, -0.25) is 9.59 Å². The van der Waals surface area contributed by atoms with E-state index in [4.69, 9.17) is 5.73 Å². The van der Waals surface area contributed by atoms with Crippen LogP contribution < -0.4 is 5.73 Å². The number of para-hydroxylation sites is 1. The number of aromatic nitrogens is 4. The third-order valence-electron chi connectivity index (χ3n) is 4.60. The Morgan fingerprint density at radius 3 is 2.54 bits per heavy atom. The Bertz CT molecular complexity index is 1010. The van der Waals surface area contributed by atoms with E-state index in [1.54, 1.807) is 4.57 Å². The summed E-state index contributed by atoms with van der Waals surface area (Å²) >= 11 is 1.34. The quantitative estimate of drug-likeness (QED) is 0.466. The second-order valence-electron chi connectivity index (χ2n) is 6.59. The Hall–Kier alpha value is -2.87.